The fraction of sp³-hybridized carbons (Fsp3) is 1.00. The highest BCUT2D eigenvalue weighted by Gasteiger charge is 2.64. The topological polar surface area (TPSA) is 36.9 Å². The first kappa shape index (κ1) is 14.3. The number of hydrogen-bond donors (Lipinski definition) is 0. The number of ether oxygens (including phenoxy) is 2. The molecule has 0 amide bonds. The molecule has 0 bridgehead atoms. The Morgan fingerprint density at radius 2 is 1.28 bits per heavy atom. The highest BCUT2D eigenvalue weighted by molar-refractivity contribution is 6.48. The van der Waals surface area contributed by atoms with Gasteiger partial charge in [0, 0.05) is 0 Å². The fourth-order valence-electron chi connectivity index (χ4n) is 2.28. The lowest BCUT2D eigenvalue weighted by Crippen LogP contribution is -2.48. The van der Waals surface area contributed by atoms with Crippen molar-refractivity contribution in [2.75, 3.05) is 0 Å². The lowest BCUT2D eigenvalue weighted by Gasteiger charge is -2.32. The van der Waals surface area contributed by atoms with Gasteiger partial charge in [-0.2, -0.15) is 0 Å². The third kappa shape index (κ3) is 2.01. The zero-order valence-electron chi connectivity index (χ0n) is 12.8. The Balaban J connectivity index is 2.21. The van der Waals surface area contributed by atoms with Gasteiger partial charge in [-0.05, 0) is 55.4 Å². The van der Waals surface area contributed by atoms with E-state index in [0.717, 1.165) is 0 Å². The van der Waals surface area contributed by atoms with E-state index in [0.29, 0.717) is 0 Å². The van der Waals surface area contributed by atoms with E-state index in [1.54, 1.807) is 0 Å². The second-order valence-electron chi connectivity index (χ2n) is 7.07. The first-order chi connectivity index (χ1) is 7.90. The number of hydrogen-bond acceptors (Lipinski definition) is 4. The van der Waals surface area contributed by atoms with Crippen molar-refractivity contribution in [1.82, 2.24) is 0 Å². The molecule has 4 nitrogen and oxygen atoms in total. The molecule has 2 saturated heterocycles. The molecule has 2 heterocycles. The summed E-state index contributed by atoms with van der Waals surface area (Å²) in [6, 6.07) is 0. The van der Waals surface area contributed by atoms with Crippen molar-refractivity contribution >= 4 is 7.12 Å². The maximum Gasteiger partial charge on any atom is 0.521 e. The van der Waals surface area contributed by atoms with Crippen molar-refractivity contribution in [2.24, 2.45) is 0 Å². The molecule has 0 aromatic rings. The van der Waals surface area contributed by atoms with Crippen LogP contribution >= 0.6 is 0 Å². The predicted molar refractivity (Wildman–Crippen MR) is 70.2 cm³/mol. The Hall–Kier alpha value is -0.0951. The van der Waals surface area contributed by atoms with Gasteiger partial charge in [0.2, 0.25) is 5.69 Å². The van der Waals surface area contributed by atoms with Gasteiger partial charge in [-0.25, -0.2) is 0 Å². The summed E-state index contributed by atoms with van der Waals surface area (Å²) in [6.45, 7) is 16.1. The van der Waals surface area contributed by atoms with Gasteiger partial charge in [0.1, 0.15) is 0 Å². The molecule has 2 aliphatic rings. The van der Waals surface area contributed by atoms with E-state index in [4.69, 9.17) is 18.8 Å². The maximum absolute atomic E-state index is 6.05. The standard InChI is InChI=1S/C13H25BO4/c1-9-10(2,3)16-13(8,15-9)14-17-11(4,5)12(6,7)18-14/h9H,1-8H3. The van der Waals surface area contributed by atoms with Crippen molar-refractivity contribution < 1.29 is 18.8 Å². The summed E-state index contributed by atoms with van der Waals surface area (Å²) < 4.78 is 24.1. The zero-order chi connectivity index (χ0) is 14.0. The molecule has 0 N–H and O–H groups in total. The van der Waals surface area contributed by atoms with Gasteiger partial charge < -0.3 is 18.8 Å². The molecule has 2 unspecified atom stereocenters. The Bertz CT molecular complexity index is 337. The summed E-state index contributed by atoms with van der Waals surface area (Å²) in [5.74, 6) is 0. The third-order valence-corrected chi connectivity index (χ3v) is 4.54. The smallest absolute Gasteiger partial charge is 0.400 e. The van der Waals surface area contributed by atoms with Crippen molar-refractivity contribution in [1.29, 1.82) is 0 Å². The molecular formula is C13H25BO4. The van der Waals surface area contributed by atoms with Crippen LogP contribution in [0.25, 0.3) is 0 Å². The highest BCUT2D eigenvalue weighted by Crippen LogP contribution is 2.45. The Morgan fingerprint density at radius 3 is 1.61 bits per heavy atom. The fourth-order valence-corrected chi connectivity index (χ4v) is 2.28. The van der Waals surface area contributed by atoms with Crippen LogP contribution in [-0.2, 0) is 18.8 Å². The predicted octanol–water partition coefficient (Wildman–Crippen LogP) is 2.55. The minimum Gasteiger partial charge on any atom is -0.400 e. The van der Waals surface area contributed by atoms with Gasteiger partial charge in [-0.1, -0.05) is 0 Å². The second-order valence-corrected chi connectivity index (χ2v) is 7.07. The minimum absolute atomic E-state index is 0.00141. The lowest BCUT2D eigenvalue weighted by atomic mass is 9.78. The molecule has 0 saturated carbocycles. The molecule has 2 atom stereocenters. The van der Waals surface area contributed by atoms with Crippen LogP contribution in [0.2, 0.25) is 0 Å². The quantitative estimate of drug-likeness (QED) is 0.675. The zero-order valence-corrected chi connectivity index (χ0v) is 12.8. The average Bonchev–Trinajstić information content (AvgIpc) is 2.46. The van der Waals surface area contributed by atoms with Crippen molar-refractivity contribution in [3.63, 3.8) is 0 Å². The van der Waals surface area contributed by atoms with Gasteiger partial charge in [0.05, 0.1) is 22.9 Å². The molecule has 0 spiro atoms. The lowest BCUT2D eigenvalue weighted by molar-refractivity contribution is -0.130. The van der Waals surface area contributed by atoms with E-state index in [1.165, 1.54) is 0 Å². The van der Waals surface area contributed by atoms with Crippen LogP contribution in [0.5, 0.6) is 0 Å². The molecule has 18 heavy (non-hydrogen) atoms. The van der Waals surface area contributed by atoms with Gasteiger partial charge >= 0.3 is 7.12 Å². The monoisotopic (exact) mass is 256 g/mol. The average molecular weight is 256 g/mol. The molecule has 0 aromatic heterocycles. The van der Waals surface area contributed by atoms with E-state index in [-0.39, 0.29) is 22.9 Å². The van der Waals surface area contributed by atoms with Gasteiger partial charge in [-0.15, -0.1) is 0 Å². The van der Waals surface area contributed by atoms with E-state index >= 15 is 0 Å². The van der Waals surface area contributed by atoms with Crippen LogP contribution < -0.4 is 0 Å². The summed E-state index contributed by atoms with van der Waals surface area (Å²) in [6.07, 6.45) is 0.00141. The van der Waals surface area contributed by atoms with Crippen molar-refractivity contribution in [3.05, 3.63) is 0 Å². The van der Waals surface area contributed by atoms with Crippen molar-refractivity contribution in [2.45, 2.75) is 84.0 Å². The van der Waals surface area contributed by atoms with E-state index in [1.807, 2.05) is 55.4 Å². The van der Waals surface area contributed by atoms with Crippen LogP contribution in [0.3, 0.4) is 0 Å². The highest BCUT2D eigenvalue weighted by atomic mass is 16.8. The summed E-state index contributed by atoms with van der Waals surface area (Å²) in [5.41, 5.74) is -1.93. The SMILES string of the molecule is CC1OC(C)(B2OC(C)(C)C(C)(C)O2)OC1(C)C. The van der Waals surface area contributed by atoms with Crippen LogP contribution in [0.4, 0.5) is 0 Å². The van der Waals surface area contributed by atoms with Gasteiger partial charge in [0.25, 0.3) is 0 Å². The van der Waals surface area contributed by atoms with Crippen LogP contribution in [0.1, 0.15) is 55.4 Å². The van der Waals surface area contributed by atoms with E-state index < -0.39 is 12.8 Å². The summed E-state index contributed by atoms with van der Waals surface area (Å²) in [4.78, 5) is 0. The Morgan fingerprint density at radius 1 is 0.833 bits per heavy atom. The maximum atomic E-state index is 6.05. The summed E-state index contributed by atoms with van der Waals surface area (Å²) in [5, 5.41) is 0. The molecule has 2 fully saturated rings. The molecule has 0 radical (unpaired) electrons. The van der Waals surface area contributed by atoms with Gasteiger partial charge in [0.15, 0.2) is 0 Å². The number of rotatable bonds is 1. The van der Waals surface area contributed by atoms with Crippen LogP contribution in [0, 0.1) is 0 Å². The first-order valence-electron chi connectivity index (χ1n) is 6.63. The minimum atomic E-state index is -0.853. The normalized spacial score (nSPS) is 41.3. The summed E-state index contributed by atoms with van der Waals surface area (Å²) in [7, 11) is -0.508. The van der Waals surface area contributed by atoms with Gasteiger partial charge in [-0.3, -0.25) is 0 Å². The Kier molecular flexibility index (Phi) is 2.96. The molecular weight excluding hydrogens is 231 g/mol. The summed E-state index contributed by atoms with van der Waals surface area (Å²) >= 11 is 0. The van der Waals surface area contributed by atoms with E-state index in [2.05, 4.69) is 0 Å². The molecule has 5 heteroatoms. The molecule has 2 rings (SSSR count). The molecule has 0 aromatic carbocycles. The third-order valence-electron chi connectivity index (χ3n) is 4.54. The van der Waals surface area contributed by atoms with E-state index in [9.17, 15) is 0 Å². The van der Waals surface area contributed by atoms with Crippen molar-refractivity contribution in [3.8, 4) is 0 Å². The van der Waals surface area contributed by atoms with Crippen LogP contribution in [-0.4, -0.2) is 35.7 Å². The second kappa shape index (κ2) is 3.72. The Labute approximate surface area is 110 Å². The van der Waals surface area contributed by atoms with Crippen LogP contribution in [0.15, 0.2) is 0 Å². The largest absolute Gasteiger partial charge is 0.521 e. The first-order valence-corrected chi connectivity index (χ1v) is 6.63. The molecule has 2 aliphatic heterocycles. The molecule has 0 aliphatic carbocycles. The molecule has 104 valence electrons.